The Morgan fingerprint density at radius 3 is 2.73 bits per heavy atom. The Morgan fingerprint density at radius 1 is 1.05 bits per heavy atom. The predicted molar refractivity (Wildman–Crippen MR) is 80.5 cm³/mol. The number of aromatic nitrogens is 2. The van der Waals surface area contributed by atoms with Crippen LogP contribution in [0.25, 0.3) is 22.0 Å². The zero-order chi connectivity index (χ0) is 15.1. The maximum absolute atomic E-state index is 11.9. The lowest BCUT2D eigenvalue weighted by molar-refractivity contribution is 0.171. The van der Waals surface area contributed by atoms with Crippen LogP contribution in [-0.2, 0) is 0 Å². The molecule has 0 radical (unpaired) electrons. The molecule has 0 bridgehead atoms. The second-order valence-corrected chi connectivity index (χ2v) is 4.98. The molecule has 0 atom stereocenters. The summed E-state index contributed by atoms with van der Waals surface area (Å²) in [6.07, 6.45) is 1.27. The number of aromatic amines is 1. The number of hydrogen-bond donors (Lipinski definition) is 2. The minimum absolute atomic E-state index is 0.0338. The van der Waals surface area contributed by atoms with Crippen molar-refractivity contribution in [3.8, 4) is 28.4 Å². The fourth-order valence-electron chi connectivity index (χ4n) is 2.55. The minimum atomic E-state index is -0.292. The third kappa shape index (κ3) is 1.96. The zero-order valence-corrected chi connectivity index (χ0v) is 11.5. The lowest BCUT2D eigenvalue weighted by Crippen LogP contribution is -2.15. The summed E-state index contributed by atoms with van der Waals surface area (Å²) in [7, 11) is 0. The van der Waals surface area contributed by atoms with Crippen LogP contribution in [0.4, 0.5) is 0 Å². The summed E-state index contributed by atoms with van der Waals surface area (Å²) in [4.78, 5) is 18.4. The first-order valence-electron chi connectivity index (χ1n) is 6.83. The number of nitrogens with one attached hydrogen (secondary N) is 1. The quantitative estimate of drug-likeness (QED) is 0.718. The summed E-state index contributed by atoms with van der Waals surface area (Å²) in [5, 5.41) is 10.4. The molecule has 2 heterocycles. The molecule has 1 aliphatic heterocycles. The maximum atomic E-state index is 11.9. The van der Waals surface area contributed by atoms with Crippen molar-refractivity contribution < 1.29 is 14.6 Å². The average molecular weight is 296 g/mol. The number of phenols is 1. The summed E-state index contributed by atoms with van der Waals surface area (Å²) in [5.74, 6) is 1.32. The predicted octanol–water partition coefficient (Wildman–Crippen LogP) is 2.07. The van der Waals surface area contributed by atoms with Crippen LogP contribution in [0, 0.1) is 0 Å². The Morgan fingerprint density at radius 2 is 1.86 bits per heavy atom. The van der Waals surface area contributed by atoms with E-state index in [1.807, 2.05) is 18.2 Å². The molecule has 0 aliphatic carbocycles. The second kappa shape index (κ2) is 4.77. The van der Waals surface area contributed by atoms with Crippen LogP contribution >= 0.6 is 0 Å². The van der Waals surface area contributed by atoms with Crippen molar-refractivity contribution in [1.82, 2.24) is 9.97 Å². The first-order valence-corrected chi connectivity index (χ1v) is 6.83. The number of rotatable bonds is 1. The number of aromatic hydroxyl groups is 1. The fourth-order valence-corrected chi connectivity index (χ4v) is 2.55. The topological polar surface area (TPSA) is 84.4 Å². The molecule has 1 aromatic heterocycles. The molecule has 0 amide bonds. The largest absolute Gasteiger partial charge is 0.506 e. The Balaban J connectivity index is 1.91. The van der Waals surface area contributed by atoms with Crippen LogP contribution in [-0.4, -0.2) is 28.3 Å². The first kappa shape index (κ1) is 12.7. The summed E-state index contributed by atoms with van der Waals surface area (Å²) < 4.78 is 11.0. The van der Waals surface area contributed by atoms with Gasteiger partial charge in [-0.3, -0.25) is 4.79 Å². The second-order valence-electron chi connectivity index (χ2n) is 4.98. The monoisotopic (exact) mass is 296 g/mol. The Bertz CT molecular complexity index is 933. The molecule has 22 heavy (non-hydrogen) atoms. The number of ether oxygens (including phenoxy) is 2. The van der Waals surface area contributed by atoms with E-state index in [-0.39, 0.29) is 16.8 Å². The summed E-state index contributed by atoms with van der Waals surface area (Å²) in [5.41, 5.74) is 1.52. The highest BCUT2D eigenvalue weighted by molar-refractivity contribution is 5.89. The van der Waals surface area contributed by atoms with Gasteiger partial charge in [-0.05, 0) is 35.4 Å². The van der Waals surface area contributed by atoms with Crippen LogP contribution in [0.3, 0.4) is 0 Å². The van der Waals surface area contributed by atoms with Gasteiger partial charge in [-0.2, -0.15) is 0 Å². The van der Waals surface area contributed by atoms with Crippen molar-refractivity contribution in [3.05, 3.63) is 47.0 Å². The van der Waals surface area contributed by atoms with Crippen LogP contribution in [0.5, 0.6) is 17.2 Å². The molecule has 2 N–H and O–H groups in total. The van der Waals surface area contributed by atoms with Gasteiger partial charge >= 0.3 is 0 Å². The van der Waals surface area contributed by atoms with E-state index in [9.17, 15) is 9.90 Å². The van der Waals surface area contributed by atoms with Crippen LogP contribution in [0.1, 0.15) is 0 Å². The fraction of sp³-hybridized carbons (Fsp3) is 0.125. The van der Waals surface area contributed by atoms with Gasteiger partial charge in [0.15, 0.2) is 11.5 Å². The number of H-pyrrole nitrogens is 1. The molecule has 6 nitrogen and oxygen atoms in total. The van der Waals surface area contributed by atoms with Gasteiger partial charge in [-0.1, -0.05) is 6.07 Å². The van der Waals surface area contributed by atoms with Gasteiger partial charge in [-0.25, -0.2) is 4.98 Å². The van der Waals surface area contributed by atoms with Crippen molar-refractivity contribution in [3.63, 3.8) is 0 Å². The van der Waals surface area contributed by atoms with E-state index in [0.717, 1.165) is 5.56 Å². The highest BCUT2D eigenvalue weighted by Crippen LogP contribution is 2.36. The van der Waals surface area contributed by atoms with E-state index in [0.29, 0.717) is 35.7 Å². The molecule has 0 fully saturated rings. The smallest absolute Gasteiger partial charge is 0.258 e. The van der Waals surface area contributed by atoms with Gasteiger partial charge in [0, 0.05) is 0 Å². The number of benzene rings is 2. The molecular weight excluding hydrogens is 284 g/mol. The lowest BCUT2D eigenvalue weighted by atomic mass is 10.0. The van der Waals surface area contributed by atoms with Gasteiger partial charge in [0.05, 0.1) is 11.7 Å². The highest BCUT2D eigenvalue weighted by Gasteiger charge is 2.14. The molecule has 1 aliphatic rings. The van der Waals surface area contributed by atoms with Crippen LogP contribution < -0.4 is 15.0 Å². The third-order valence-corrected chi connectivity index (χ3v) is 3.60. The Labute approximate surface area is 125 Å². The number of hydrogen-bond acceptors (Lipinski definition) is 5. The SMILES string of the molecule is O=c1[nH]cnc2c(O)cc(-c3ccc4c(c3)OCCO4)cc12. The van der Waals surface area contributed by atoms with Gasteiger partial charge in [-0.15, -0.1) is 0 Å². The van der Waals surface area contributed by atoms with E-state index in [4.69, 9.17) is 9.47 Å². The molecule has 4 rings (SSSR count). The van der Waals surface area contributed by atoms with E-state index in [1.165, 1.54) is 6.33 Å². The van der Waals surface area contributed by atoms with Crippen molar-refractivity contribution in [1.29, 1.82) is 0 Å². The summed E-state index contributed by atoms with van der Waals surface area (Å²) in [6, 6.07) is 8.80. The van der Waals surface area contributed by atoms with Crippen LogP contribution in [0.15, 0.2) is 41.5 Å². The van der Waals surface area contributed by atoms with Crippen molar-refractivity contribution in [2.24, 2.45) is 0 Å². The normalized spacial score (nSPS) is 13.3. The molecule has 6 heteroatoms. The van der Waals surface area contributed by atoms with E-state index < -0.39 is 0 Å². The molecule has 0 unspecified atom stereocenters. The molecule has 3 aromatic rings. The van der Waals surface area contributed by atoms with Gasteiger partial charge in [0.2, 0.25) is 0 Å². The van der Waals surface area contributed by atoms with E-state index in [1.54, 1.807) is 12.1 Å². The number of fused-ring (bicyclic) bond motifs is 2. The third-order valence-electron chi connectivity index (χ3n) is 3.60. The summed E-state index contributed by atoms with van der Waals surface area (Å²) >= 11 is 0. The molecule has 0 saturated carbocycles. The van der Waals surface area contributed by atoms with E-state index >= 15 is 0 Å². The zero-order valence-electron chi connectivity index (χ0n) is 11.5. The van der Waals surface area contributed by atoms with E-state index in [2.05, 4.69) is 9.97 Å². The molecular formula is C16H12N2O4. The maximum Gasteiger partial charge on any atom is 0.258 e. The number of nitrogens with zero attached hydrogens (tertiary/aromatic N) is 1. The molecule has 2 aromatic carbocycles. The van der Waals surface area contributed by atoms with Gasteiger partial charge in [0.25, 0.3) is 5.56 Å². The van der Waals surface area contributed by atoms with Crippen molar-refractivity contribution >= 4 is 10.9 Å². The molecule has 0 spiro atoms. The average Bonchev–Trinajstić information content (AvgIpc) is 2.55. The minimum Gasteiger partial charge on any atom is -0.506 e. The lowest BCUT2D eigenvalue weighted by Gasteiger charge is -2.19. The summed E-state index contributed by atoms with van der Waals surface area (Å²) in [6.45, 7) is 1.03. The van der Waals surface area contributed by atoms with Crippen LogP contribution in [0.2, 0.25) is 0 Å². The van der Waals surface area contributed by atoms with Gasteiger partial charge < -0.3 is 19.6 Å². The molecule has 0 saturated heterocycles. The van der Waals surface area contributed by atoms with Gasteiger partial charge in [0.1, 0.15) is 24.5 Å². The Hall–Kier alpha value is -3.02. The van der Waals surface area contributed by atoms with Crippen molar-refractivity contribution in [2.45, 2.75) is 0 Å². The first-order chi connectivity index (χ1) is 10.7. The molecule has 110 valence electrons. The highest BCUT2D eigenvalue weighted by atomic mass is 16.6. The number of phenolic OH excluding ortho intramolecular Hbond substituents is 1. The van der Waals surface area contributed by atoms with Crippen molar-refractivity contribution in [2.75, 3.05) is 13.2 Å². The Kier molecular flexibility index (Phi) is 2.75. The standard InChI is InChI=1S/C16H12N2O4/c19-12-6-10(5-11-15(12)17-8-18-16(11)20)9-1-2-13-14(7-9)22-4-3-21-13/h1-2,5-8,19H,3-4H2,(H,17,18,20).